The molecule has 1 N–H and O–H groups in total. The summed E-state index contributed by atoms with van der Waals surface area (Å²) in [7, 11) is 1.66. The Morgan fingerprint density at radius 3 is 2.94 bits per heavy atom. The van der Waals surface area contributed by atoms with Crippen LogP contribution in [-0.2, 0) is 22.4 Å². The Bertz CT molecular complexity index is 933. The molecule has 2 aromatic rings. The SMILES string of the molecule is COc1ccccc1[C@H](C(C)=O)N1CC[C@@H](OCCCCCc2ccc3c(n2)NCCC3)C1. The first-order valence-electron chi connectivity index (χ1n) is 12.4. The molecular formula is C27H37N3O3. The van der Waals surface area contributed by atoms with Crippen LogP contribution in [0.5, 0.6) is 5.75 Å². The summed E-state index contributed by atoms with van der Waals surface area (Å²) in [6.07, 6.45) is 7.83. The lowest BCUT2D eigenvalue weighted by molar-refractivity contribution is -0.122. The Labute approximate surface area is 197 Å². The lowest BCUT2D eigenvalue weighted by Crippen LogP contribution is -2.32. The number of ether oxygens (including phenoxy) is 2. The lowest BCUT2D eigenvalue weighted by atomic mass is 10.0. The highest BCUT2D eigenvalue weighted by Crippen LogP contribution is 2.33. The third kappa shape index (κ3) is 6.12. The first-order valence-corrected chi connectivity index (χ1v) is 12.4. The molecule has 2 atom stereocenters. The molecule has 2 aliphatic heterocycles. The fourth-order valence-electron chi connectivity index (χ4n) is 5.03. The Morgan fingerprint density at radius 1 is 1.21 bits per heavy atom. The van der Waals surface area contributed by atoms with Crippen LogP contribution in [0.4, 0.5) is 5.82 Å². The van der Waals surface area contributed by atoms with Crippen LogP contribution in [-0.4, -0.2) is 55.1 Å². The number of methoxy groups -OCH3 is 1. The third-order valence-corrected chi connectivity index (χ3v) is 6.74. The van der Waals surface area contributed by atoms with Gasteiger partial charge in [-0.05, 0) is 63.1 Å². The summed E-state index contributed by atoms with van der Waals surface area (Å²) < 4.78 is 11.7. The average Bonchev–Trinajstić information content (AvgIpc) is 3.29. The van der Waals surface area contributed by atoms with Crippen molar-refractivity contribution in [2.75, 3.05) is 38.7 Å². The van der Waals surface area contributed by atoms with E-state index in [1.165, 1.54) is 17.7 Å². The second kappa shape index (κ2) is 11.6. The number of anilines is 1. The molecule has 0 saturated carbocycles. The maximum absolute atomic E-state index is 12.5. The number of hydrogen-bond acceptors (Lipinski definition) is 6. The average molecular weight is 452 g/mol. The van der Waals surface area contributed by atoms with Gasteiger partial charge < -0.3 is 14.8 Å². The second-order valence-corrected chi connectivity index (χ2v) is 9.18. The molecule has 0 amide bonds. The molecule has 6 nitrogen and oxygen atoms in total. The number of ketones is 1. The zero-order chi connectivity index (χ0) is 23.0. The van der Waals surface area contributed by atoms with E-state index in [2.05, 4.69) is 22.3 Å². The molecule has 178 valence electrons. The predicted octanol–water partition coefficient (Wildman–Crippen LogP) is 4.58. The number of para-hydroxylation sites is 1. The van der Waals surface area contributed by atoms with Gasteiger partial charge >= 0.3 is 0 Å². The van der Waals surface area contributed by atoms with Crippen molar-refractivity contribution in [1.29, 1.82) is 0 Å². The van der Waals surface area contributed by atoms with Gasteiger partial charge in [-0.1, -0.05) is 30.7 Å². The van der Waals surface area contributed by atoms with Gasteiger partial charge in [0.05, 0.1) is 19.3 Å². The number of Topliss-reactive ketones (excluding diaryl/α,β-unsaturated/α-hetero) is 1. The van der Waals surface area contributed by atoms with Gasteiger partial charge in [0.15, 0.2) is 5.78 Å². The minimum absolute atomic E-state index is 0.145. The summed E-state index contributed by atoms with van der Waals surface area (Å²) >= 11 is 0. The Morgan fingerprint density at radius 2 is 2.09 bits per heavy atom. The van der Waals surface area contributed by atoms with E-state index in [1.807, 2.05) is 24.3 Å². The van der Waals surface area contributed by atoms with Crippen molar-refractivity contribution >= 4 is 11.6 Å². The van der Waals surface area contributed by atoms with Crippen LogP contribution in [0.15, 0.2) is 36.4 Å². The fraction of sp³-hybridized carbons (Fsp3) is 0.556. The maximum Gasteiger partial charge on any atom is 0.151 e. The van der Waals surface area contributed by atoms with Gasteiger partial charge in [0.1, 0.15) is 11.6 Å². The van der Waals surface area contributed by atoms with Crippen molar-refractivity contribution < 1.29 is 14.3 Å². The zero-order valence-electron chi connectivity index (χ0n) is 20.0. The van der Waals surface area contributed by atoms with Gasteiger partial charge in [-0.15, -0.1) is 0 Å². The standard InChI is InChI=1S/C27H37N3O3/c1-20(31)26(24-11-5-6-12-25(24)32-2)30-17-15-23(19-30)33-18-7-3-4-10-22-14-13-21-9-8-16-28-27(21)29-22/h5-6,11-14,23,26H,3-4,7-10,15-19H2,1-2H3,(H,28,29)/t23-,26+/m1/s1. The third-order valence-electron chi connectivity index (χ3n) is 6.74. The van der Waals surface area contributed by atoms with Crippen molar-refractivity contribution in [3.63, 3.8) is 0 Å². The van der Waals surface area contributed by atoms with E-state index in [1.54, 1.807) is 14.0 Å². The van der Waals surface area contributed by atoms with Gasteiger partial charge in [-0.25, -0.2) is 4.98 Å². The minimum atomic E-state index is -0.270. The van der Waals surface area contributed by atoms with Crippen molar-refractivity contribution in [1.82, 2.24) is 9.88 Å². The van der Waals surface area contributed by atoms with E-state index in [-0.39, 0.29) is 17.9 Å². The van der Waals surface area contributed by atoms with Crippen LogP contribution in [0.3, 0.4) is 0 Å². The molecule has 1 fully saturated rings. The van der Waals surface area contributed by atoms with Gasteiger partial charge in [-0.3, -0.25) is 9.69 Å². The normalized spacial score (nSPS) is 19.0. The number of fused-ring (bicyclic) bond motifs is 1. The maximum atomic E-state index is 12.5. The Balaban J connectivity index is 1.18. The topological polar surface area (TPSA) is 63.7 Å². The van der Waals surface area contributed by atoms with Crippen LogP contribution in [0.1, 0.15) is 61.9 Å². The van der Waals surface area contributed by atoms with Gasteiger partial charge in [-0.2, -0.15) is 0 Å². The molecule has 1 saturated heterocycles. The van der Waals surface area contributed by atoms with Crippen molar-refractivity contribution in [2.24, 2.45) is 0 Å². The fourth-order valence-corrected chi connectivity index (χ4v) is 5.03. The van der Waals surface area contributed by atoms with E-state index in [0.29, 0.717) is 0 Å². The number of aryl methyl sites for hydroxylation is 2. The number of benzene rings is 1. The van der Waals surface area contributed by atoms with E-state index in [9.17, 15) is 4.79 Å². The predicted molar refractivity (Wildman–Crippen MR) is 131 cm³/mol. The first kappa shape index (κ1) is 23.7. The number of pyridine rings is 1. The molecule has 1 aromatic carbocycles. The molecule has 0 spiro atoms. The summed E-state index contributed by atoms with van der Waals surface area (Å²) in [5.74, 6) is 2.00. The molecule has 4 rings (SSSR count). The van der Waals surface area contributed by atoms with Crippen molar-refractivity contribution in [3.05, 3.63) is 53.2 Å². The smallest absolute Gasteiger partial charge is 0.151 e. The largest absolute Gasteiger partial charge is 0.496 e. The first-order chi connectivity index (χ1) is 16.2. The van der Waals surface area contributed by atoms with E-state index in [4.69, 9.17) is 14.5 Å². The molecule has 0 radical (unpaired) electrons. The summed E-state index contributed by atoms with van der Waals surface area (Å²) in [6, 6.07) is 12.0. The molecule has 0 bridgehead atoms. The van der Waals surface area contributed by atoms with Gasteiger partial charge in [0, 0.05) is 37.5 Å². The number of rotatable bonds is 11. The zero-order valence-corrected chi connectivity index (χ0v) is 20.0. The minimum Gasteiger partial charge on any atom is -0.496 e. The molecule has 33 heavy (non-hydrogen) atoms. The monoisotopic (exact) mass is 451 g/mol. The van der Waals surface area contributed by atoms with Gasteiger partial charge in [0.2, 0.25) is 0 Å². The number of hydrogen-bond donors (Lipinski definition) is 1. The van der Waals surface area contributed by atoms with Crippen LogP contribution < -0.4 is 10.1 Å². The number of carbonyl (C=O) groups excluding carboxylic acids is 1. The molecule has 6 heteroatoms. The number of aromatic nitrogens is 1. The number of likely N-dealkylation sites (tertiary alicyclic amines) is 1. The second-order valence-electron chi connectivity index (χ2n) is 9.18. The number of unbranched alkanes of at least 4 members (excludes halogenated alkanes) is 2. The number of nitrogens with one attached hydrogen (secondary N) is 1. The van der Waals surface area contributed by atoms with Crippen molar-refractivity contribution in [3.8, 4) is 5.75 Å². The highest BCUT2D eigenvalue weighted by molar-refractivity contribution is 5.83. The molecule has 1 aromatic heterocycles. The highest BCUT2D eigenvalue weighted by Gasteiger charge is 2.33. The van der Waals surface area contributed by atoms with Gasteiger partial charge in [0.25, 0.3) is 0 Å². The summed E-state index contributed by atoms with van der Waals surface area (Å²) in [5, 5.41) is 3.42. The summed E-state index contributed by atoms with van der Waals surface area (Å²) in [5.41, 5.74) is 3.47. The molecular weight excluding hydrogens is 414 g/mol. The van der Waals surface area contributed by atoms with Crippen LogP contribution in [0.25, 0.3) is 0 Å². The quantitative estimate of drug-likeness (QED) is 0.505. The van der Waals surface area contributed by atoms with Crippen LogP contribution >= 0.6 is 0 Å². The molecule has 0 unspecified atom stereocenters. The Kier molecular flexibility index (Phi) is 8.35. The lowest BCUT2D eigenvalue weighted by Gasteiger charge is -2.27. The molecule has 3 heterocycles. The highest BCUT2D eigenvalue weighted by atomic mass is 16.5. The number of carbonyl (C=O) groups is 1. The van der Waals surface area contributed by atoms with E-state index in [0.717, 1.165) is 81.9 Å². The molecule has 2 aliphatic rings. The van der Waals surface area contributed by atoms with Crippen LogP contribution in [0, 0.1) is 0 Å². The molecule has 0 aliphatic carbocycles. The number of nitrogens with zero attached hydrogens (tertiary/aromatic N) is 2. The Hall–Kier alpha value is -2.44. The van der Waals surface area contributed by atoms with Crippen LogP contribution in [0.2, 0.25) is 0 Å². The van der Waals surface area contributed by atoms with E-state index < -0.39 is 0 Å². The van der Waals surface area contributed by atoms with E-state index >= 15 is 0 Å². The summed E-state index contributed by atoms with van der Waals surface area (Å²) in [4.78, 5) is 19.5. The summed E-state index contributed by atoms with van der Waals surface area (Å²) in [6.45, 7) is 5.13. The van der Waals surface area contributed by atoms with Crippen molar-refractivity contribution in [2.45, 2.75) is 64.0 Å².